The maximum atomic E-state index is 5.20. The molecule has 0 amide bonds. The Bertz CT molecular complexity index is 377. The molecule has 0 aliphatic heterocycles. The van der Waals surface area contributed by atoms with E-state index in [4.69, 9.17) is 4.74 Å². The average Bonchev–Trinajstić information content (AvgIpc) is 2.96. The van der Waals surface area contributed by atoms with Gasteiger partial charge in [0.1, 0.15) is 6.33 Å². The van der Waals surface area contributed by atoms with E-state index in [-0.39, 0.29) is 0 Å². The van der Waals surface area contributed by atoms with Crippen LogP contribution in [0.1, 0.15) is 57.2 Å². The molecule has 1 aliphatic carbocycles. The van der Waals surface area contributed by atoms with Crippen molar-refractivity contribution in [1.82, 2.24) is 15.3 Å². The van der Waals surface area contributed by atoms with Crippen molar-refractivity contribution in [2.24, 2.45) is 5.92 Å². The number of ether oxygens (including phenoxy) is 1. The third kappa shape index (κ3) is 4.16. The molecule has 1 unspecified atom stereocenters. The first-order valence-electron chi connectivity index (χ1n) is 7.42. The molecule has 0 saturated heterocycles. The highest BCUT2D eigenvalue weighted by Gasteiger charge is 2.22. The van der Waals surface area contributed by atoms with Gasteiger partial charge in [-0.1, -0.05) is 32.6 Å². The number of rotatable bonds is 7. The number of aromatic nitrogens is 2. The summed E-state index contributed by atoms with van der Waals surface area (Å²) in [5.41, 5.74) is 1.06. The molecular weight excluding hydrogens is 238 g/mol. The molecule has 4 nitrogen and oxygen atoms in total. The molecule has 1 N–H and O–H groups in total. The second-order valence-corrected chi connectivity index (χ2v) is 5.38. The molecule has 19 heavy (non-hydrogen) atoms. The zero-order valence-electron chi connectivity index (χ0n) is 12.1. The fraction of sp³-hybridized carbons (Fsp3) is 0.733. The Balaban J connectivity index is 2.05. The van der Waals surface area contributed by atoms with Crippen LogP contribution in [0.4, 0.5) is 0 Å². The van der Waals surface area contributed by atoms with Crippen molar-refractivity contribution in [1.29, 1.82) is 0 Å². The van der Waals surface area contributed by atoms with Gasteiger partial charge in [-0.05, 0) is 25.3 Å². The van der Waals surface area contributed by atoms with Gasteiger partial charge in [-0.25, -0.2) is 9.97 Å². The van der Waals surface area contributed by atoms with E-state index in [1.807, 2.05) is 6.07 Å². The second kappa shape index (κ2) is 7.43. The highest BCUT2D eigenvalue weighted by atomic mass is 16.5. The quantitative estimate of drug-likeness (QED) is 0.821. The maximum absolute atomic E-state index is 5.20. The molecule has 1 aromatic rings. The molecule has 4 heteroatoms. The van der Waals surface area contributed by atoms with Crippen molar-refractivity contribution < 1.29 is 4.74 Å². The zero-order valence-corrected chi connectivity index (χ0v) is 12.1. The van der Waals surface area contributed by atoms with E-state index in [1.165, 1.54) is 32.1 Å². The minimum Gasteiger partial charge on any atom is -0.481 e. The fourth-order valence-corrected chi connectivity index (χ4v) is 2.86. The summed E-state index contributed by atoms with van der Waals surface area (Å²) >= 11 is 0. The van der Waals surface area contributed by atoms with Gasteiger partial charge >= 0.3 is 0 Å². The molecule has 1 saturated carbocycles. The Kier molecular flexibility index (Phi) is 5.58. The van der Waals surface area contributed by atoms with Crippen LogP contribution in [0.15, 0.2) is 12.4 Å². The fourth-order valence-electron chi connectivity index (χ4n) is 2.86. The van der Waals surface area contributed by atoms with Crippen LogP contribution in [-0.4, -0.2) is 23.6 Å². The predicted octanol–water partition coefficient (Wildman–Crippen LogP) is 3.11. The van der Waals surface area contributed by atoms with Crippen molar-refractivity contribution >= 4 is 0 Å². The van der Waals surface area contributed by atoms with E-state index < -0.39 is 0 Å². The van der Waals surface area contributed by atoms with Crippen molar-refractivity contribution in [3.8, 4) is 5.88 Å². The van der Waals surface area contributed by atoms with Gasteiger partial charge in [-0.3, -0.25) is 0 Å². The summed E-state index contributed by atoms with van der Waals surface area (Å²) in [5, 5.41) is 3.62. The molecule has 1 aromatic heterocycles. The zero-order chi connectivity index (χ0) is 13.5. The largest absolute Gasteiger partial charge is 0.481 e. The van der Waals surface area contributed by atoms with Crippen molar-refractivity contribution in [2.45, 2.75) is 51.5 Å². The summed E-state index contributed by atoms with van der Waals surface area (Å²) in [4.78, 5) is 8.52. The van der Waals surface area contributed by atoms with Crippen molar-refractivity contribution in [2.75, 3.05) is 13.7 Å². The Morgan fingerprint density at radius 2 is 2.16 bits per heavy atom. The summed E-state index contributed by atoms with van der Waals surface area (Å²) < 4.78 is 5.20. The Morgan fingerprint density at radius 1 is 1.37 bits per heavy atom. The minimum absolute atomic E-state index is 0.333. The summed E-state index contributed by atoms with van der Waals surface area (Å²) in [6.45, 7) is 3.23. The first-order chi connectivity index (χ1) is 9.33. The van der Waals surface area contributed by atoms with Crippen LogP contribution in [0, 0.1) is 5.92 Å². The molecule has 106 valence electrons. The van der Waals surface area contributed by atoms with Crippen LogP contribution < -0.4 is 10.1 Å². The van der Waals surface area contributed by atoms with Crippen molar-refractivity contribution in [3.05, 3.63) is 18.1 Å². The Hall–Kier alpha value is -1.16. The normalized spacial score (nSPS) is 17.6. The van der Waals surface area contributed by atoms with Crippen LogP contribution in [0.25, 0.3) is 0 Å². The lowest BCUT2D eigenvalue weighted by Gasteiger charge is -2.21. The van der Waals surface area contributed by atoms with E-state index in [0.29, 0.717) is 11.9 Å². The van der Waals surface area contributed by atoms with Gasteiger partial charge in [0.2, 0.25) is 5.88 Å². The van der Waals surface area contributed by atoms with Gasteiger partial charge in [0.15, 0.2) is 0 Å². The number of nitrogens with zero attached hydrogens (tertiary/aromatic N) is 2. The maximum Gasteiger partial charge on any atom is 0.216 e. The summed E-state index contributed by atoms with van der Waals surface area (Å²) in [5.74, 6) is 1.50. The lowest BCUT2D eigenvalue weighted by atomic mass is 9.96. The predicted molar refractivity (Wildman–Crippen MR) is 76.2 cm³/mol. The Morgan fingerprint density at radius 3 is 2.84 bits per heavy atom. The number of methoxy groups -OCH3 is 1. The third-order valence-electron chi connectivity index (χ3n) is 3.91. The number of hydrogen-bond acceptors (Lipinski definition) is 4. The average molecular weight is 263 g/mol. The molecule has 0 spiro atoms. The topological polar surface area (TPSA) is 47.0 Å². The molecule has 0 radical (unpaired) electrons. The van der Waals surface area contributed by atoms with E-state index in [0.717, 1.165) is 24.6 Å². The van der Waals surface area contributed by atoms with Gasteiger partial charge in [0, 0.05) is 6.07 Å². The molecule has 1 atom stereocenters. The number of hydrogen-bond donors (Lipinski definition) is 1. The third-order valence-corrected chi connectivity index (χ3v) is 3.91. The molecular formula is C15H25N3O. The lowest BCUT2D eigenvalue weighted by Crippen LogP contribution is -2.25. The van der Waals surface area contributed by atoms with E-state index >= 15 is 0 Å². The molecule has 1 heterocycles. The number of nitrogens with one attached hydrogen (secondary N) is 1. The van der Waals surface area contributed by atoms with E-state index in [1.54, 1.807) is 13.4 Å². The van der Waals surface area contributed by atoms with Crippen molar-refractivity contribution in [3.63, 3.8) is 0 Å². The van der Waals surface area contributed by atoms with E-state index in [9.17, 15) is 0 Å². The minimum atomic E-state index is 0.333. The molecule has 2 rings (SSSR count). The summed E-state index contributed by atoms with van der Waals surface area (Å²) in [6, 6.07) is 2.29. The van der Waals surface area contributed by atoms with Crippen LogP contribution in [-0.2, 0) is 0 Å². The smallest absolute Gasteiger partial charge is 0.216 e. The first-order valence-corrected chi connectivity index (χ1v) is 7.42. The molecule has 1 aliphatic rings. The van der Waals surface area contributed by atoms with Gasteiger partial charge in [0.05, 0.1) is 18.8 Å². The lowest BCUT2D eigenvalue weighted by molar-refractivity contribution is 0.377. The van der Waals surface area contributed by atoms with Crippen LogP contribution in [0.3, 0.4) is 0 Å². The summed E-state index contributed by atoms with van der Waals surface area (Å²) in [6.07, 6.45) is 9.43. The monoisotopic (exact) mass is 263 g/mol. The van der Waals surface area contributed by atoms with E-state index in [2.05, 4.69) is 22.2 Å². The van der Waals surface area contributed by atoms with Gasteiger partial charge in [0.25, 0.3) is 0 Å². The molecule has 1 fully saturated rings. The molecule has 0 bridgehead atoms. The first kappa shape index (κ1) is 14.3. The summed E-state index contributed by atoms with van der Waals surface area (Å²) in [7, 11) is 1.65. The SMILES string of the molecule is CCCNC(CC1CCCC1)c1cc(OC)ncn1. The molecule has 0 aromatic carbocycles. The van der Waals surface area contributed by atoms with Gasteiger partial charge in [-0.15, -0.1) is 0 Å². The Labute approximate surface area is 116 Å². The van der Waals surface area contributed by atoms with Crippen LogP contribution in [0.2, 0.25) is 0 Å². The van der Waals surface area contributed by atoms with Crippen LogP contribution >= 0.6 is 0 Å². The van der Waals surface area contributed by atoms with Crippen LogP contribution in [0.5, 0.6) is 5.88 Å². The van der Waals surface area contributed by atoms with Gasteiger partial charge < -0.3 is 10.1 Å². The van der Waals surface area contributed by atoms with Gasteiger partial charge in [-0.2, -0.15) is 0 Å². The highest BCUT2D eigenvalue weighted by molar-refractivity contribution is 5.16. The second-order valence-electron chi connectivity index (χ2n) is 5.38. The standard InChI is InChI=1S/C15H25N3O/c1-3-8-16-13(9-12-6-4-5-7-12)14-10-15(19-2)18-11-17-14/h10-13,16H,3-9H2,1-2H3. The highest BCUT2D eigenvalue weighted by Crippen LogP contribution is 2.32.